The van der Waals surface area contributed by atoms with E-state index < -0.39 is 89.6 Å². The Kier molecular flexibility index (Phi) is 8.14. The maximum Gasteiger partial charge on any atom is 0.475 e. The normalized spacial score (nSPS) is 36.6. The number of hydrogen-bond donors (Lipinski definition) is 6. The maximum atomic E-state index is 13.7. The molecule has 0 spiro atoms. The lowest BCUT2D eigenvalue weighted by Crippen LogP contribution is -2.39. The Morgan fingerprint density at radius 1 is 0.936 bits per heavy atom. The molecule has 0 aromatic carbocycles. The smallest absolute Gasteiger partial charge is 0.386 e. The Bertz CT molecular complexity index is 1970. The van der Waals surface area contributed by atoms with Gasteiger partial charge in [0.1, 0.15) is 54.8 Å². The zero-order valence-electron chi connectivity index (χ0n) is 24.1. The molecular formula is C22H28N10O13P2. The SMILES string of the molecule is COP1(=O)OC[C@H]2O[C@@H](n3cnc4c(N)ncnc43)[C@@H](O)C2OP(=O)(CO)OC[C@H]2O[C@@H](n3cnc4c(=O)[nH]c(N)nc43)[C@@H](O)C2O1. The molecule has 4 aromatic heterocycles. The van der Waals surface area contributed by atoms with Gasteiger partial charge in [-0.15, -0.1) is 0 Å². The second kappa shape index (κ2) is 11.9. The van der Waals surface area contributed by atoms with Gasteiger partial charge in [-0.3, -0.25) is 41.6 Å². The van der Waals surface area contributed by atoms with Crippen LogP contribution in [0.25, 0.3) is 22.3 Å². The first kappa shape index (κ1) is 32.1. The largest absolute Gasteiger partial charge is 0.475 e. The number of nitrogens with one attached hydrogen (secondary N) is 1. The Morgan fingerprint density at radius 2 is 1.55 bits per heavy atom. The minimum atomic E-state index is -4.56. The molecule has 3 saturated heterocycles. The van der Waals surface area contributed by atoms with Crippen molar-refractivity contribution in [3.8, 4) is 0 Å². The van der Waals surface area contributed by atoms with Crippen molar-refractivity contribution in [1.82, 2.24) is 39.0 Å². The standard InChI is InChI=1S/C22H28N10O13P2/c1-39-47(38)41-3-9-14(12(34)20(43-9)31-5-27-10-16(23)25-4-26-17(10)31)44-46(37,7-33)40-2-8-15(45-47)13(35)21(42-8)32-6-28-11-18(32)29-22(24)30-19(11)36/h4-6,8-9,12-15,20-21,33-35H,2-3,7H2,1H3,(H2,23,25,26)(H3,24,29,30,36)/t8-,9-,12+,13+,14?,15?,20-,21-,46?,47?/m1/s1. The van der Waals surface area contributed by atoms with Crippen LogP contribution in [0, 0.1) is 0 Å². The Hall–Kier alpha value is -3.44. The molecule has 0 saturated carbocycles. The maximum absolute atomic E-state index is 13.7. The molecular weight excluding hydrogens is 674 g/mol. The summed E-state index contributed by atoms with van der Waals surface area (Å²) in [4.78, 5) is 34.8. The third-order valence-corrected chi connectivity index (χ3v) is 10.6. The van der Waals surface area contributed by atoms with Gasteiger partial charge < -0.3 is 40.8 Å². The Labute approximate surface area is 261 Å². The van der Waals surface area contributed by atoms with Gasteiger partial charge in [0, 0.05) is 7.11 Å². The zero-order chi connectivity index (χ0) is 33.2. The number of aromatic amines is 1. The molecule has 254 valence electrons. The summed E-state index contributed by atoms with van der Waals surface area (Å²) in [6, 6.07) is 0. The molecule has 0 aliphatic carbocycles. The van der Waals surface area contributed by atoms with Crippen LogP contribution in [0.3, 0.4) is 0 Å². The average molecular weight is 702 g/mol. The highest BCUT2D eigenvalue weighted by Crippen LogP contribution is 2.56. The number of rotatable bonds is 4. The van der Waals surface area contributed by atoms with Crippen LogP contribution in [0.1, 0.15) is 12.5 Å². The number of ether oxygens (including phenoxy) is 2. The topological polar surface area (TPSA) is 319 Å². The zero-order valence-corrected chi connectivity index (χ0v) is 25.9. The summed E-state index contributed by atoms with van der Waals surface area (Å²) in [5.41, 5.74) is 11.1. The lowest BCUT2D eigenvalue weighted by atomic mass is 10.1. The highest BCUT2D eigenvalue weighted by atomic mass is 31.2. The van der Waals surface area contributed by atoms with Crippen molar-refractivity contribution in [2.24, 2.45) is 0 Å². The molecule has 7 rings (SSSR count). The quantitative estimate of drug-likeness (QED) is 0.130. The summed E-state index contributed by atoms with van der Waals surface area (Å²) < 4.78 is 69.4. The molecule has 47 heavy (non-hydrogen) atoms. The van der Waals surface area contributed by atoms with Gasteiger partial charge in [-0.05, 0) is 0 Å². The predicted octanol–water partition coefficient (Wildman–Crippen LogP) is -1.64. The van der Waals surface area contributed by atoms with E-state index in [0.29, 0.717) is 0 Å². The van der Waals surface area contributed by atoms with E-state index in [1.54, 1.807) is 0 Å². The van der Waals surface area contributed by atoms with Crippen LogP contribution in [-0.2, 0) is 41.2 Å². The molecule has 0 radical (unpaired) electrons. The van der Waals surface area contributed by atoms with E-state index in [1.807, 2.05) is 0 Å². The molecule has 25 heteroatoms. The van der Waals surface area contributed by atoms with Crippen molar-refractivity contribution in [3.63, 3.8) is 0 Å². The van der Waals surface area contributed by atoms with Crippen LogP contribution in [0.15, 0.2) is 23.8 Å². The molecule has 0 amide bonds. The monoisotopic (exact) mass is 702 g/mol. The van der Waals surface area contributed by atoms with Crippen LogP contribution in [-0.4, -0.2) is 118 Å². The lowest BCUT2D eigenvalue weighted by Gasteiger charge is -2.30. The summed E-state index contributed by atoms with van der Waals surface area (Å²) >= 11 is 0. The van der Waals surface area contributed by atoms with Gasteiger partial charge in [-0.1, -0.05) is 0 Å². The van der Waals surface area contributed by atoms with Crippen LogP contribution in [0.5, 0.6) is 0 Å². The number of nitrogen functional groups attached to an aromatic ring is 2. The molecule has 7 heterocycles. The van der Waals surface area contributed by atoms with Crippen molar-refractivity contribution in [2.75, 3.05) is 38.1 Å². The van der Waals surface area contributed by atoms with E-state index in [0.717, 1.165) is 13.4 Å². The number of hydrogen-bond acceptors (Lipinski definition) is 20. The molecule has 4 unspecified atom stereocenters. The van der Waals surface area contributed by atoms with Gasteiger partial charge in [0.25, 0.3) is 5.56 Å². The number of H-pyrrole nitrogens is 1. The van der Waals surface area contributed by atoms with Gasteiger partial charge in [0.2, 0.25) is 5.95 Å². The molecule has 3 aliphatic heterocycles. The number of nitrogens with two attached hydrogens (primary N) is 2. The number of fused-ring (bicyclic) bond motifs is 4. The van der Waals surface area contributed by atoms with Gasteiger partial charge in [0.05, 0.1) is 25.9 Å². The van der Waals surface area contributed by atoms with Gasteiger partial charge in [0.15, 0.2) is 35.1 Å². The number of aliphatic hydroxyl groups excluding tert-OH is 3. The third kappa shape index (κ3) is 5.53. The first-order valence-corrected chi connectivity index (χ1v) is 17.0. The Balaban J connectivity index is 1.20. The van der Waals surface area contributed by atoms with E-state index in [1.165, 1.54) is 21.8 Å². The minimum absolute atomic E-state index is 0.0580. The van der Waals surface area contributed by atoms with Crippen LogP contribution in [0.2, 0.25) is 0 Å². The first-order chi connectivity index (χ1) is 22.4. The van der Waals surface area contributed by atoms with Crippen molar-refractivity contribution < 1.29 is 56.5 Å². The number of phosphoric acid groups is 1. The van der Waals surface area contributed by atoms with Crippen LogP contribution >= 0.6 is 15.4 Å². The molecule has 8 N–H and O–H groups in total. The van der Waals surface area contributed by atoms with E-state index in [2.05, 4.69) is 29.9 Å². The number of phosphoric ester groups is 1. The molecule has 23 nitrogen and oxygen atoms in total. The average Bonchev–Trinajstić information content (AvgIpc) is 3.80. The van der Waals surface area contributed by atoms with E-state index in [-0.39, 0.29) is 34.1 Å². The van der Waals surface area contributed by atoms with E-state index in [9.17, 15) is 29.2 Å². The summed E-state index contributed by atoms with van der Waals surface area (Å²) in [5, 5.41) is 32.8. The predicted molar refractivity (Wildman–Crippen MR) is 153 cm³/mol. The fourth-order valence-corrected chi connectivity index (χ4v) is 7.88. The van der Waals surface area contributed by atoms with Crippen molar-refractivity contribution in [2.45, 2.75) is 49.1 Å². The minimum Gasteiger partial charge on any atom is -0.386 e. The lowest BCUT2D eigenvalue weighted by molar-refractivity contribution is -0.0643. The van der Waals surface area contributed by atoms with Crippen molar-refractivity contribution >= 4 is 49.5 Å². The fourth-order valence-electron chi connectivity index (χ4n) is 5.53. The second-order valence-corrected chi connectivity index (χ2v) is 14.3. The molecule has 3 fully saturated rings. The first-order valence-electron chi connectivity index (χ1n) is 13.8. The highest BCUT2D eigenvalue weighted by Gasteiger charge is 2.54. The molecule has 0 bridgehead atoms. The number of nitrogens with zero attached hydrogens (tertiary/aromatic N) is 7. The summed E-state index contributed by atoms with van der Waals surface area (Å²) in [5.74, 6) is -0.173. The van der Waals surface area contributed by atoms with Crippen LogP contribution in [0.4, 0.5) is 11.8 Å². The number of anilines is 2. The summed E-state index contributed by atoms with van der Waals surface area (Å²) in [6.07, 6.45) is -9.20. The second-order valence-electron chi connectivity index (χ2n) is 10.6. The van der Waals surface area contributed by atoms with Gasteiger partial charge >= 0.3 is 15.4 Å². The molecule has 4 aromatic rings. The number of aliphatic hydroxyl groups is 3. The number of imidazole rings is 2. The van der Waals surface area contributed by atoms with Crippen molar-refractivity contribution in [3.05, 3.63) is 29.3 Å². The number of aromatic nitrogens is 8. The highest BCUT2D eigenvalue weighted by molar-refractivity contribution is 7.53. The molecule has 3 aliphatic rings. The summed E-state index contributed by atoms with van der Waals surface area (Å²) in [7, 11) is -8.00. The van der Waals surface area contributed by atoms with Crippen LogP contribution < -0.4 is 17.0 Å². The van der Waals surface area contributed by atoms with E-state index >= 15 is 0 Å². The third-order valence-electron chi connectivity index (χ3n) is 7.77. The van der Waals surface area contributed by atoms with Gasteiger partial charge in [-0.25, -0.2) is 24.5 Å². The fraction of sp³-hybridized carbons (Fsp3) is 0.545. The molecule has 10 atom stereocenters. The van der Waals surface area contributed by atoms with Crippen molar-refractivity contribution in [1.29, 1.82) is 0 Å². The van der Waals surface area contributed by atoms with E-state index in [4.69, 9.17) is 43.6 Å². The summed E-state index contributed by atoms with van der Waals surface area (Å²) in [6.45, 7) is -1.32. The van der Waals surface area contributed by atoms with Gasteiger partial charge in [-0.2, -0.15) is 4.98 Å². The Morgan fingerprint density at radius 3 is 2.21 bits per heavy atom.